The molecule has 1 N–H and O–H groups in total. The summed E-state index contributed by atoms with van der Waals surface area (Å²) in [4.78, 5) is 12.1. The molecule has 1 aliphatic heterocycles. The topological polar surface area (TPSA) is 59.8 Å². The van der Waals surface area contributed by atoms with E-state index in [2.05, 4.69) is 15.5 Å². The minimum absolute atomic E-state index is 0.271. The molecule has 0 atom stereocenters. The Bertz CT molecular complexity index is 668. The van der Waals surface area contributed by atoms with Crippen LogP contribution in [0.15, 0.2) is 18.2 Å². The highest BCUT2D eigenvalue weighted by atomic mass is 35.5. The van der Waals surface area contributed by atoms with Gasteiger partial charge in [0.25, 0.3) is 5.91 Å². The smallest absolute Gasteiger partial charge is 0.253 e. The molecule has 0 aliphatic carbocycles. The van der Waals surface area contributed by atoms with E-state index in [9.17, 15) is 4.79 Å². The van der Waals surface area contributed by atoms with Crippen molar-refractivity contribution >= 4 is 29.1 Å². The SMILES string of the molecule is O=C(NCc1nnc2n1CCC2)c1cc(Cl)ccc1Cl. The molecule has 0 saturated carbocycles. The second-order valence-corrected chi connectivity index (χ2v) is 5.44. The van der Waals surface area contributed by atoms with Crippen LogP contribution in [0.1, 0.15) is 28.4 Å². The predicted molar refractivity (Wildman–Crippen MR) is 76.0 cm³/mol. The number of amides is 1. The fourth-order valence-corrected chi connectivity index (χ4v) is 2.64. The summed E-state index contributed by atoms with van der Waals surface area (Å²) in [7, 11) is 0. The number of carbonyl (C=O) groups excluding carboxylic acids is 1. The number of rotatable bonds is 3. The first-order valence-corrected chi connectivity index (χ1v) is 7.05. The maximum absolute atomic E-state index is 12.1. The molecule has 0 bridgehead atoms. The lowest BCUT2D eigenvalue weighted by Crippen LogP contribution is -2.25. The first kappa shape index (κ1) is 13.4. The number of aromatic nitrogens is 3. The monoisotopic (exact) mass is 310 g/mol. The Balaban J connectivity index is 1.72. The summed E-state index contributed by atoms with van der Waals surface area (Å²) in [6, 6.07) is 4.80. The van der Waals surface area contributed by atoms with Crippen LogP contribution < -0.4 is 5.32 Å². The van der Waals surface area contributed by atoms with E-state index >= 15 is 0 Å². The van der Waals surface area contributed by atoms with Gasteiger partial charge in [-0.2, -0.15) is 0 Å². The molecule has 1 aromatic heterocycles. The Labute approximate surface area is 125 Å². The lowest BCUT2D eigenvalue weighted by Gasteiger charge is -2.07. The molecule has 0 spiro atoms. The molecule has 3 rings (SSSR count). The number of fused-ring (bicyclic) bond motifs is 1. The third-order valence-electron chi connectivity index (χ3n) is 3.27. The normalized spacial score (nSPS) is 13.3. The molecular weight excluding hydrogens is 299 g/mol. The van der Waals surface area contributed by atoms with Crippen molar-refractivity contribution in [3.05, 3.63) is 45.5 Å². The maximum Gasteiger partial charge on any atom is 0.253 e. The van der Waals surface area contributed by atoms with E-state index in [-0.39, 0.29) is 5.91 Å². The number of carbonyl (C=O) groups is 1. The molecule has 2 aromatic rings. The molecule has 104 valence electrons. The van der Waals surface area contributed by atoms with E-state index in [0.29, 0.717) is 22.2 Å². The van der Waals surface area contributed by atoms with Crippen molar-refractivity contribution in [3.8, 4) is 0 Å². The molecule has 1 aromatic carbocycles. The summed E-state index contributed by atoms with van der Waals surface area (Å²) in [6.45, 7) is 1.24. The van der Waals surface area contributed by atoms with Crippen LogP contribution in [0.5, 0.6) is 0 Å². The number of aryl methyl sites for hydroxylation is 1. The van der Waals surface area contributed by atoms with Crippen LogP contribution in [-0.4, -0.2) is 20.7 Å². The number of halogens is 2. The molecule has 1 amide bonds. The van der Waals surface area contributed by atoms with Crippen LogP contribution in [0.2, 0.25) is 10.0 Å². The lowest BCUT2D eigenvalue weighted by atomic mass is 10.2. The summed E-state index contributed by atoms with van der Waals surface area (Å²) < 4.78 is 2.04. The fraction of sp³-hybridized carbons (Fsp3) is 0.308. The van der Waals surface area contributed by atoms with Gasteiger partial charge in [0.1, 0.15) is 5.82 Å². The molecule has 7 heteroatoms. The summed E-state index contributed by atoms with van der Waals surface area (Å²) in [5, 5.41) is 11.8. The van der Waals surface area contributed by atoms with Crippen LogP contribution in [-0.2, 0) is 19.5 Å². The van der Waals surface area contributed by atoms with Crippen molar-refractivity contribution in [2.45, 2.75) is 25.9 Å². The second-order valence-electron chi connectivity index (χ2n) is 4.59. The second kappa shape index (κ2) is 5.42. The molecule has 0 fully saturated rings. The Morgan fingerprint density at radius 2 is 2.20 bits per heavy atom. The average molecular weight is 311 g/mol. The van der Waals surface area contributed by atoms with E-state index in [1.807, 2.05) is 4.57 Å². The Hall–Kier alpha value is -1.59. The van der Waals surface area contributed by atoms with Crippen molar-refractivity contribution in [1.29, 1.82) is 0 Å². The third-order valence-corrected chi connectivity index (χ3v) is 3.83. The van der Waals surface area contributed by atoms with E-state index in [1.54, 1.807) is 18.2 Å². The van der Waals surface area contributed by atoms with Crippen molar-refractivity contribution in [2.24, 2.45) is 0 Å². The van der Waals surface area contributed by atoms with E-state index in [0.717, 1.165) is 31.0 Å². The minimum Gasteiger partial charge on any atom is -0.345 e. The zero-order valence-electron chi connectivity index (χ0n) is 10.6. The Morgan fingerprint density at radius 1 is 1.35 bits per heavy atom. The zero-order valence-corrected chi connectivity index (χ0v) is 12.1. The molecule has 0 radical (unpaired) electrons. The fourth-order valence-electron chi connectivity index (χ4n) is 2.27. The van der Waals surface area contributed by atoms with Gasteiger partial charge >= 0.3 is 0 Å². The van der Waals surface area contributed by atoms with Gasteiger partial charge in [0.05, 0.1) is 17.1 Å². The van der Waals surface area contributed by atoms with Crippen molar-refractivity contribution in [2.75, 3.05) is 0 Å². The molecule has 2 heterocycles. The van der Waals surface area contributed by atoms with Crippen molar-refractivity contribution in [3.63, 3.8) is 0 Å². The predicted octanol–water partition coefficient (Wildman–Crippen LogP) is 2.46. The lowest BCUT2D eigenvalue weighted by molar-refractivity contribution is 0.0949. The zero-order chi connectivity index (χ0) is 14.1. The number of hydrogen-bond donors (Lipinski definition) is 1. The summed E-state index contributed by atoms with van der Waals surface area (Å²) in [5.74, 6) is 1.48. The number of nitrogens with zero attached hydrogens (tertiary/aromatic N) is 3. The largest absolute Gasteiger partial charge is 0.345 e. The first-order valence-electron chi connectivity index (χ1n) is 6.29. The van der Waals surface area contributed by atoms with Gasteiger partial charge in [0, 0.05) is 18.0 Å². The van der Waals surface area contributed by atoms with Gasteiger partial charge in [-0.25, -0.2) is 0 Å². The van der Waals surface area contributed by atoms with Crippen LogP contribution in [0.25, 0.3) is 0 Å². The number of benzene rings is 1. The van der Waals surface area contributed by atoms with Crippen LogP contribution in [0.4, 0.5) is 0 Å². The van der Waals surface area contributed by atoms with Gasteiger partial charge in [-0.05, 0) is 24.6 Å². The van der Waals surface area contributed by atoms with Gasteiger partial charge in [0.2, 0.25) is 0 Å². The van der Waals surface area contributed by atoms with Gasteiger partial charge in [-0.1, -0.05) is 23.2 Å². The Morgan fingerprint density at radius 3 is 3.05 bits per heavy atom. The van der Waals surface area contributed by atoms with E-state index < -0.39 is 0 Å². The van der Waals surface area contributed by atoms with Crippen LogP contribution in [0, 0.1) is 0 Å². The first-order chi connectivity index (χ1) is 9.65. The molecule has 1 aliphatic rings. The highest BCUT2D eigenvalue weighted by Gasteiger charge is 2.18. The Kier molecular flexibility index (Phi) is 3.63. The average Bonchev–Trinajstić information content (AvgIpc) is 3.02. The maximum atomic E-state index is 12.1. The van der Waals surface area contributed by atoms with Gasteiger partial charge in [-0.3, -0.25) is 4.79 Å². The van der Waals surface area contributed by atoms with Gasteiger partial charge in [-0.15, -0.1) is 10.2 Å². The molecular formula is C13H12Cl2N4O. The molecule has 5 nitrogen and oxygen atoms in total. The molecule has 0 saturated heterocycles. The van der Waals surface area contributed by atoms with Crippen molar-refractivity contribution in [1.82, 2.24) is 20.1 Å². The number of hydrogen-bond acceptors (Lipinski definition) is 3. The summed E-state index contributed by atoms with van der Waals surface area (Å²) in [5.41, 5.74) is 0.361. The standard InChI is InChI=1S/C13H12Cl2N4O/c14-8-3-4-10(15)9(6-8)13(20)16-7-12-18-17-11-2-1-5-19(11)12/h3-4,6H,1-2,5,7H2,(H,16,20). The number of nitrogens with one attached hydrogen (secondary N) is 1. The highest BCUT2D eigenvalue weighted by Crippen LogP contribution is 2.20. The van der Waals surface area contributed by atoms with E-state index in [1.165, 1.54) is 0 Å². The molecule has 20 heavy (non-hydrogen) atoms. The molecule has 0 unspecified atom stereocenters. The third kappa shape index (κ3) is 2.51. The summed E-state index contributed by atoms with van der Waals surface area (Å²) >= 11 is 11.9. The van der Waals surface area contributed by atoms with Gasteiger partial charge in [0.15, 0.2) is 5.82 Å². The minimum atomic E-state index is -0.271. The van der Waals surface area contributed by atoms with Crippen LogP contribution >= 0.6 is 23.2 Å². The quantitative estimate of drug-likeness (QED) is 0.947. The van der Waals surface area contributed by atoms with Crippen molar-refractivity contribution < 1.29 is 4.79 Å². The van der Waals surface area contributed by atoms with Gasteiger partial charge < -0.3 is 9.88 Å². The highest BCUT2D eigenvalue weighted by molar-refractivity contribution is 6.35. The van der Waals surface area contributed by atoms with E-state index in [4.69, 9.17) is 23.2 Å². The summed E-state index contributed by atoms with van der Waals surface area (Å²) in [6.07, 6.45) is 2.02. The van der Waals surface area contributed by atoms with Crippen LogP contribution in [0.3, 0.4) is 0 Å².